The molecular weight excluding hydrogens is 152 g/mol. The first-order valence-corrected chi connectivity index (χ1v) is 4.80. The molecule has 0 aromatic heterocycles. The Morgan fingerprint density at radius 1 is 1.67 bits per heavy atom. The van der Waals surface area contributed by atoms with E-state index in [9.17, 15) is 0 Å². The van der Waals surface area contributed by atoms with Crippen LogP contribution in [0.3, 0.4) is 0 Å². The molecule has 1 aliphatic rings. The summed E-state index contributed by atoms with van der Waals surface area (Å²) in [5, 5.41) is 12.3. The van der Waals surface area contributed by atoms with E-state index < -0.39 is 0 Å². The molecule has 12 heavy (non-hydrogen) atoms. The molecular formula is C9H20N2O. The summed E-state index contributed by atoms with van der Waals surface area (Å²) >= 11 is 0. The topological polar surface area (TPSA) is 35.5 Å². The van der Waals surface area contributed by atoms with Gasteiger partial charge in [0.1, 0.15) is 0 Å². The molecule has 0 bridgehead atoms. The molecule has 3 heteroatoms. The van der Waals surface area contributed by atoms with Gasteiger partial charge in [-0.25, -0.2) is 0 Å². The standard InChI is InChI=1S/C9H20N2O/c1-8(6-10-2)11-5-3-4-9(11)7-12/h8-10,12H,3-7H2,1-2H3. The van der Waals surface area contributed by atoms with Gasteiger partial charge in [0.25, 0.3) is 0 Å². The largest absolute Gasteiger partial charge is 0.395 e. The van der Waals surface area contributed by atoms with Gasteiger partial charge in [0.15, 0.2) is 0 Å². The number of hydrogen-bond acceptors (Lipinski definition) is 3. The van der Waals surface area contributed by atoms with Crippen LogP contribution in [0.25, 0.3) is 0 Å². The van der Waals surface area contributed by atoms with E-state index >= 15 is 0 Å². The molecule has 0 radical (unpaired) electrons. The van der Waals surface area contributed by atoms with Gasteiger partial charge < -0.3 is 10.4 Å². The van der Waals surface area contributed by atoms with Crippen molar-refractivity contribution in [1.82, 2.24) is 10.2 Å². The van der Waals surface area contributed by atoms with Gasteiger partial charge in [-0.15, -0.1) is 0 Å². The highest BCUT2D eigenvalue weighted by molar-refractivity contribution is 4.83. The van der Waals surface area contributed by atoms with Crippen molar-refractivity contribution in [3.63, 3.8) is 0 Å². The van der Waals surface area contributed by atoms with Crippen LogP contribution in [0, 0.1) is 0 Å². The smallest absolute Gasteiger partial charge is 0.0587 e. The first-order valence-electron chi connectivity index (χ1n) is 4.80. The molecule has 0 amide bonds. The van der Waals surface area contributed by atoms with Crippen LogP contribution in [-0.2, 0) is 0 Å². The van der Waals surface area contributed by atoms with Crippen molar-refractivity contribution in [2.75, 3.05) is 26.7 Å². The van der Waals surface area contributed by atoms with Crippen molar-refractivity contribution in [2.24, 2.45) is 0 Å². The zero-order chi connectivity index (χ0) is 8.97. The quantitative estimate of drug-likeness (QED) is 0.629. The van der Waals surface area contributed by atoms with Crippen molar-refractivity contribution in [1.29, 1.82) is 0 Å². The second-order valence-electron chi connectivity index (χ2n) is 3.62. The second kappa shape index (κ2) is 4.80. The van der Waals surface area contributed by atoms with E-state index in [0.29, 0.717) is 18.7 Å². The van der Waals surface area contributed by atoms with Gasteiger partial charge in [0.2, 0.25) is 0 Å². The lowest BCUT2D eigenvalue weighted by Gasteiger charge is -2.29. The Kier molecular flexibility index (Phi) is 3.98. The van der Waals surface area contributed by atoms with Crippen LogP contribution in [0.15, 0.2) is 0 Å². The number of aliphatic hydroxyl groups excluding tert-OH is 1. The first kappa shape index (κ1) is 9.96. The summed E-state index contributed by atoms with van der Waals surface area (Å²) < 4.78 is 0. The Morgan fingerprint density at radius 3 is 3.00 bits per heavy atom. The summed E-state index contributed by atoms with van der Waals surface area (Å²) in [6.45, 7) is 4.68. The Bertz CT molecular complexity index is 130. The lowest BCUT2D eigenvalue weighted by Crippen LogP contribution is -2.43. The van der Waals surface area contributed by atoms with Crippen molar-refractivity contribution in [3.05, 3.63) is 0 Å². The predicted molar refractivity (Wildman–Crippen MR) is 50.2 cm³/mol. The van der Waals surface area contributed by atoms with Gasteiger partial charge in [-0.3, -0.25) is 4.90 Å². The third-order valence-electron chi connectivity index (χ3n) is 2.70. The molecule has 1 fully saturated rings. The van der Waals surface area contributed by atoms with Gasteiger partial charge in [-0.1, -0.05) is 0 Å². The zero-order valence-corrected chi connectivity index (χ0v) is 8.08. The predicted octanol–water partition coefficient (Wildman–Crippen LogP) is 0.0510. The monoisotopic (exact) mass is 172 g/mol. The van der Waals surface area contributed by atoms with Crippen LogP contribution in [0.2, 0.25) is 0 Å². The fourth-order valence-electron chi connectivity index (χ4n) is 2.05. The molecule has 3 nitrogen and oxygen atoms in total. The number of aliphatic hydroxyl groups is 1. The Hall–Kier alpha value is -0.120. The minimum absolute atomic E-state index is 0.314. The maximum atomic E-state index is 9.09. The summed E-state index contributed by atoms with van der Waals surface area (Å²) in [7, 11) is 1.97. The highest BCUT2D eigenvalue weighted by Gasteiger charge is 2.26. The lowest BCUT2D eigenvalue weighted by atomic mass is 10.2. The molecule has 1 aliphatic heterocycles. The Morgan fingerprint density at radius 2 is 2.42 bits per heavy atom. The van der Waals surface area contributed by atoms with Gasteiger partial charge >= 0.3 is 0 Å². The maximum Gasteiger partial charge on any atom is 0.0587 e. The number of hydrogen-bond donors (Lipinski definition) is 2. The summed E-state index contributed by atoms with van der Waals surface area (Å²) in [5.74, 6) is 0. The van der Waals surface area contributed by atoms with Gasteiger partial charge in [0, 0.05) is 18.6 Å². The number of likely N-dealkylation sites (N-methyl/N-ethyl adjacent to an activating group) is 1. The van der Waals surface area contributed by atoms with Crippen LogP contribution < -0.4 is 5.32 Å². The average Bonchev–Trinajstić information content (AvgIpc) is 2.51. The van der Waals surface area contributed by atoms with Crippen molar-refractivity contribution < 1.29 is 5.11 Å². The van der Waals surface area contributed by atoms with E-state index in [0.717, 1.165) is 19.5 Å². The van der Waals surface area contributed by atoms with E-state index in [1.54, 1.807) is 0 Å². The Labute approximate surface area is 74.8 Å². The minimum Gasteiger partial charge on any atom is -0.395 e. The molecule has 2 unspecified atom stereocenters. The first-order chi connectivity index (χ1) is 5.79. The van der Waals surface area contributed by atoms with E-state index in [4.69, 9.17) is 5.11 Å². The van der Waals surface area contributed by atoms with Crippen LogP contribution in [0.5, 0.6) is 0 Å². The SMILES string of the molecule is CNCC(C)N1CCCC1CO. The number of nitrogens with one attached hydrogen (secondary N) is 1. The van der Waals surface area contributed by atoms with Crippen LogP contribution in [-0.4, -0.2) is 48.8 Å². The van der Waals surface area contributed by atoms with Gasteiger partial charge in [-0.2, -0.15) is 0 Å². The number of likely N-dealkylation sites (tertiary alicyclic amines) is 1. The molecule has 72 valence electrons. The molecule has 1 saturated heterocycles. The summed E-state index contributed by atoms with van der Waals surface area (Å²) in [6.07, 6.45) is 2.39. The van der Waals surface area contributed by atoms with E-state index in [2.05, 4.69) is 17.1 Å². The minimum atomic E-state index is 0.314. The summed E-state index contributed by atoms with van der Waals surface area (Å²) in [6, 6.07) is 0.961. The maximum absolute atomic E-state index is 9.09. The summed E-state index contributed by atoms with van der Waals surface area (Å²) in [5.41, 5.74) is 0. The number of nitrogens with zero attached hydrogens (tertiary/aromatic N) is 1. The number of rotatable bonds is 4. The normalized spacial score (nSPS) is 27.8. The molecule has 1 rings (SSSR count). The van der Waals surface area contributed by atoms with Crippen LogP contribution in [0.4, 0.5) is 0 Å². The molecule has 2 atom stereocenters. The molecule has 0 aliphatic carbocycles. The lowest BCUT2D eigenvalue weighted by molar-refractivity contribution is 0.126. The molecule has 0 saturated carbocycles. The fraction of sp³-hybridized carbons (Fsp3) is 1.00. The second-order valence-corrected chi connectivity index (χ2v) is 3.62. The van der Waals surface area contributed by atoms with Crippen molar-refractivity contribution >= 4 is 0 Å². The van der Waals surface area contributed by atoms with E-state index in [1.807, 2.05) is 7.05 Å². The third-order valence-corrected chi connectivity index (χ3v) is 2.70. The molecule has 2 N–H and O–H groups in total. The molecule has 1 heterocycles. The fourth-order valence-corrected chi connectivity index (χ4v) is 2.05. The molecule has 0 aromatic carbocycles. The molecule has 0 aromatic rings. The van der Waals surface area contributed by atoms with Crippen LogP contribution >= 0.6 is 0 Å². The van der Waals surface area contributed by atoms with Gasteiger partial charge in [0.05, 0.1) is 6.61 Å². The van der Waals surface area contributed by atoms with Crippen molar-refractivity contribution in [3.8, 4) is 0 Å². The zero-order valence-electron chi connectivity index (χ0n) is 8.08. The summed E-state index contributed by atoms with van der Waals surface area (Å²) in [4.78, 5) is 2.40. The van der Waals surface area contributed by atoms with Crippen LogP contribution in [0.1, 0.15) is 19.8 Å². The van der Waals surface area contributed by atoms with Crippen molar-refractivity contribution in [2.45, 2.75) is 31.8 Å². The van der Waals surface area contributed by atoms with E-state index in [-0.39, 0.29) is 0 Å². The highest BCUT2D eigenvalue weighted by atomic mass is 16.3. The molecule has 0 spiro atoms. The third kappa shape index (κ3) is 2.19. The van der Waals surface area contributed by atoms with Gasteiger partial charge in [-0.05, 0) is 33.4 Å². The average molecular weight is 172 g/mol. The van der Waals surface area contributed by atoms with E-state index in [1.165, 1.54) is 6.42 Å². The highest BCUT2D eigenvalue weighted by Crippen LogP contribution is 2.18. The Balaban J connectivity index is 2.38.